The van der Waals surface area contributed by atoms with Crippen LogP contribution in [0.3, 0.4) is 0 Å². The van der Waals surface area contributed by atoms with Gasteiger partial charge in [-0.05, 0) is 56.3 Å². The molecule has 19 heavy (non-hydrogen) atoms. The third kappa shape index (κ3) is 5.23. The van der Waals surface area contributed by atoms with E-state index in [1.54, 1.807) is 0 Å². The third-order valence-corrected chi connectivity index (χ3v) is 3.89. The predicted molar refractivity (Wildman–Crippen MR) is 80.8 cm³/mol. The lowest BCUT2D eigenvalue weighted by molar-refractivity contribution is 0.268. The van der Waals surface area contributed by atoms with Crippen LogP contribution >= 0.6 is 0 Å². The molecule has 1 aromatic rings. The Labute approximate surface area is 117 Å². The second-order valence-electron chi connectivity index (χ2n) is 5.53. The number of aryl methyl sites for hydroxylation is 1. The van der Waals surface area contributed by atoms with Gasteiger partial charge in [0.05, 0.1) is 6.61 Å². The van der Waals surface area contributed by atoms with E-state index in [1.807, 2.05) is 0 Å². The molecular weight excluding hydrogens is 234 g/mol. The highest BCUT2D eigenvalue weighted by Crippen LogP contribution is 2.15. The van der Waals surface area contributed by atoms with Crippen molar-refractivity contribution < 1.29 is 4.74 Å². The summed E-state index contributed by atoms with van der Waals surface area (Å²) in [6.45, 7) is 4.24. The fourth-order valence-electron chi connectivity index (χ4n) is 2.62. The normalized spacial score (nSPS) is 19.3. The molecular formula is C17H27NO. The number of ether oxygens (including phenoxy) is 1. The SMILES string of the molecule is CCCCc1ccc(OCCC2CCCCN2)cc1. The average molecular weight is 261 g/mol. The molecule has 1 N–H and O–H groups in total. The van der Waals surface area contributed by atoms with E-state index in [9.17, 15) is 0 Å². The van der Waals surface area contributed by atoms with E-state index in [0.717, 1.165) is 18.8 Å². The van der Waals surface area contributed by atoms with Crippen LogP contribution in [-0.4, -0.2) is 19.2 Å². The summed E-state index contributed by atoms with van der Waals surface area (Å²) in [6, 6.07) is 9.28. The van der Waals surface area contributed by atoms with Crippen molar-refractivity contribution in [3.63, 3.8) is 0 Å². The van der Waals surface area contributed by atoms with E-state index in [2.05, 4.69) is 36.5 Å². The maximum Gasteiger partial charge on any atom is 0.119 e. The zero-order valence-corrected chi connectivity index (χ0v) is 12.2. The largest absolute Gasteiger partial charge is 0.494 e. The molecule has 0 aliphatic carbocycles. The van der Waals surface area contributed by atoms with Crippen LogP contribution in [-0.2, 0) is 6.42 Å². The predicted octanol–water partition coefficient (Wildman–Crippen LogP) is 3.94. The molecule has 106 valence electrons. The summed E-state index contributed by atoms with van der Waals surface area (Å²) in [5.41, 5.74) is 1.42. The van der Waals surface area contributed by atoms with Gasteiger partial charge in [0, 0.05) is 6.04 Å². The van der Waals surface area contributed by atoms with Crippen LogP contribution in [0.15, 0.2) is 24.3 Å². The summed E-state index contributed by atoms with van der Waals surface area (Å²) >= 11 is 0. The topological polar surface area (TPSA) is 21.3 Å². The van der Waals surface area contributed by atoms with Gasteiger partial charge >= 0.3 is 0 Å². The maximum absolute atomic E-state index is 5.83. The molecule has 2 rings (SSSR count). The molecule has 0 aromatic heterocycles. The highest BCUT2D eigenvalue weighted by atomic mass is 16.5. The van der Waals surface area contributed by atoms with Gasteiger partial charge in [-0.25, -0.2) is 0 Å². The van der Waals surface area contributed by atoms with Gasteiger partial charge in [-0.2, -0.15) is 0 Å². The van der Waals surface area contributed by atoms with Crippen molar-refractivity contribution in [2.24, 2.45) is 0 Å². The number of hydrogen-bond acceptors (Lipinski definition) is 2. The van der Waals surface area contributed by atoms with Crippen LogP contribution in [0.2, 0.25) is 0 Å². The van der Waals surface area contributed by atoms with Crippen LogP contribution in [0.25, 0.3) is 0 Å². The summed E-state index contributed by atoms with van der Waals surface area (Å²) in [7, 11) is 0. The second-order valence-corrected chi connectivity index (χ2v) is 5.53. The van der Waals surface area contributed by atoms with Crippen LogP contribution in [0.4, 0.5) is 0 Å². The first-order chi connectivity index (χ1) is 9.38. The Balaban J connectivity index is 1.67. The van der Waals surface area contributed by atoms with Crippen molar-refractivity contribution in [2.75, 3.05) is 13.2 Å². The number of rotatable bonds is 7. The lowest BCUT2D eigenvalue weighted by atomic mass is 10.0. The van der Waals surface area contributed by atoms with E-state index in [1.165, 1.54) is 50.6 Å². The highest BCUT2D eigenvalue weighted by Gasteiger charge is 2.11. The second kappa shape index (κ2) is 8.21. The fraction of sp³-hybridized carbons (Fsp3) is 0.647. The minimum atomic E-state index is 0.664. The average Bonchev–Trinajstić information content (AvgIpc) is 2.47. The third-order valence-electron chi connectivity index (χ3n) is 3.89. The van der Waals surface area contributed by atoms with Gasteiger partial charge in [-0.1, -0.05) is 31.9 Å². The molecule has 0 saturated carbocycles. The number of piperidine rings is 1. The first kappa shape index (κ1) is 14.4. The van der Waals surface area contributed by atoms with E-state index in [-0.39, 0.29) is 0 Å². The summed E-state index contributed by atoms with van der Waals surface area (Å²) in [6.07, 6.45) is 8.83. The first-order valence-electron chi connectivity index (χ1n) is 7.83. The molecule has 0 radical (unpaired) electrons. The summed E-state index contributed by atoms with van der Waals surface area (Å²) in [4.78, 5) is 0. The van der Waals surface area contributed by atoms with E-state index in [0.29, 0.717) is 6.04 Å². The lowest BCUT2D eigenvalue weighted by Gasteiger charge is -2.23. The Morgan fingerprint density at radius 2 is 2.05 bits per heavy atom. The molecule has 0 spiro atoms. The molecule has 2 heteroatoms. The van der Waals surface area contributed by atoms with Crippen molar-refractivity contribution in [1.82, 2.24) is 5.32 Å². The van der Waals surface area contributed by atoms with Crippen LogP contribution in [0, 0.1) is 0 Å². The van der Waals surface area contributed by atoms with Crippen molar-refractivity contribution in [3.8, 4) is 5.75 Å². The lowest BCUT2D eigenvalue weighted by Crippen LogP contribution is -2.35. The smallest absolute Gasteiger partial charge is 0.119 e. The van der Waals surface area contributed by atoms with E-state index in [4.69, 9.17) is 4.74 Å². The molecule has 2 nitrogen and oxygen atoms in total. The summed E-state index contributed by atoms with van der Waals surface area (Å²) < 4.78 is 5.83. The molecule has 1 aliphatic heterocycles. The number of unbranched alkanes of at least 4 members (excludes halogenated alkanes) is 1. The van der Waals surface area contributed by atoms with Crippen molar-refractivity contribution in [1.29, 1.82) is 0 Å². The van der Waals surface area contributed by atoms with Gasteiger partial charge in [0.15, 0.2) is 0 Å². The van der Waals surface area contributed by atoms with Crippen molar-refractivity contribution in [3.05, 3.63) is 29.8 Å². The number of benzene rings is 1. The maximum atomic E-state index is 5.83. The number of nitrogens with one attached hydrogen (secondary N) is 1. The Bertz CT molecular complexity index is 341. The van der Waals surface area contributed by atoms with Gasteiger partial charge in [0.2, 0.25) is 0 Å². The minimum absolute atomic E-state index is 0.664. The monoisotopic (exact) mass is 261 g/mol. The molecule has 0 amide bonds. The molecule has 1 aromatic carbocycles. The first-order valence-corrected chi connectivity index (χ1v) is 7.83. The highest BCUT2D eigenvalue weighted by molar-refractivity contribution is 5.27. The van der Waals surface area contributed by atoms with E-state index >= 15 is 0 Å². The molecule has 1 atom stereocenters. The molecule has 1 unspecified atom stereocenters. The van der Waals surface area contributed by atoms with Gasteiger partial charge in [0.25, 0.3) is 0 Å². The summed E-state index contributed by atoms with van der Waals surface area (Å²) in [5, 5.41) is 3.56. The van der Waals surface area contributed by atoms with Gasteiger partial charge in [0.1, 0.15) is 5.75 Å². The Morgan fingerprint density at radius 3 is 2.74 bits per heavy atom. The van der Waals surface area contributed by atoms with Gasteiger partial charge in [-0.15, -0.1) is 0 Å². The van der Waals surface area contributed by atoms with Crippen LogP contribution in [0.5, 0.6) is 5.75 Å². The standard InChI is InChI=1S/C17H27NO/c1-2-3-6-15-8-10-17(11-9-15)19-14-12-16-7-4-5-13-18-16/h8-11,16,18H,2-7,12-14H2,1H3. The Hall–Kier alpha value is -1.02. The molecule has 1 fully saturated rings. The molecule has 1 saturated heterocycles. The zero-order chi connectivity index (χ0) is 13.3. The zero-order valence-electron chi connectivity index (χ0n) is 12.2. The van der Waals surface area contributed by atoms with Crippen LogP contribution in [0.1, 0.15) is 51.0 Å². The number of hydrogen-bond donors (Lipinski definition) is 1. The van der Waals surface area contributed by atoms with Crippen molar-refractivity contribution in [2.45, 2.75) is 57.9 Å². The van der Waals surface area contributed by atoms with Crippen molar-refractivity contribution >= 4 is 0 Å². The Kier molecular flexibility index (Phi) is 6.22. The Morgan fingerprint density at radius 1 is 1.21 bits per heavy atom. The molecule has 0 bridgehead atoms. The fourth-order valence-corrected chi connectivity index (χ4v) is 2.62. The minimum Gasteiger partial charge on any atom is -0.494 e. The van der Waals surface area contributed by atoms with Crippen LogP contribution < -0.4 is 10.1 Å². The van der Waals surface area contributed by atoms with E-state index < -0.39 is 0 Å². The van der Waals surface area contributed by atoms with Gasteiger partial charge < -0.3 is 10.1 Å². The molecule has 1 heterocycles. The van der Waals surface area contributed by atoms with Gasteiger partial charge in [-0.3, -0.25) is 0 Å². The summed E-state index contributed by atoms with van der Waals surface area (Å²) in [5.74, 6) is 1.01. The quantitative estimate of drug-likeness (QED) is 0.802. The molecule has 1 aliphatic rings.